The van der Waals surface area contributed by atoms with Gasteiger partial charge in [-0.25, -0.2) is 0 Å². The third-order valence-electron chi connectivity index (χ3n) is 3.83. The van der Waals surface area contributed by atoms with Crippen LogP contribution in [0.4, 0.5) is 0 Å². The molecule has 1 fully saturated rings. The predicted molar refractivity (Wildman–Crippen MR) is 78.3 cm³/mol. The van der Waals surface area contributed by atoms with E-state index in [2.05, 4.69) is 15.5 Å². The maximum absolute atomic E-state index is 12.0. The van der Waals surface area contributed by atoms with E-state index < -0.39 is 11.9 Å². The van der Waals surface area contributed by atoms with Gasteiger partial charge in [-0.1, -0.05) is 18.2 Å². The molecule has 0 saturated carbocycles. The summed E-state index contributed by atoms with van der Waals surface area (Å²) in [7, 11) is 0. The molecule has 7 nitrogen and oxygen atoms in total. The molecule has 2 atom stereocenters. The minimum atomic E-state index is -0.849. The molecule has 0 bridgehead atoms. The summed E-state index contributed by atoms with van der Waals surface area (Å²) in [6, 6.07) is 7.59. The Bertz CT molecular complexity index is 697. The third kappa shape index (κ3) is 3.09. The topological polar surface area (TPSA) is 104 Å². The Morgan fingerprint density at radius 2 is 2.23 bits per heavy atom. The van der Waals surface area contributed by atoms with Crippen LogP contribution in [0.15, 0.2) is 24.3 Å². The van der Waals surface area contributed by atoms with Gasteiger partial charge in [0.2, 0.25) is 5.91 Å². The van der Waals surface area contributed by atoms with Crippen LogP contribution in [0, 0.1) is 5.92 Å². The van der Waals surface area contributed by atoms with Gasteiger partial charge in [0.05, 0.1) is 36.3 Å². The molecule has 0 spiro atoms. The number of aromatic amines is 1. The summed E-state index contributed by atoms with van der Waals surface area (Å²) in [6.07, 6.45) is 0.404. The van der Waals surface area contributed by atoms with Gasteiger partial charge in [0, 0.05) is 11.9 Å². The van der Waals surface area contributed by atoms with Crippen LogP contribution < -0.4 is 5.32 Å². The maximum Gasteiger partial charge on any atom is 0.308 e. The Morgan fingerprint density at radius 3 is 3.00 bits per heavy atom. The number of carbonyl (C=O) groups is 2. The summed E-state index contributed by atoms with van der Waals surface area (Å²) in [5.41, 5.74) is 1.59. The summed E-state index contributed by atoms with van der Waals surface area (Å²) >= 11 is 0. The number of benzene rings is 1. The second-order valence-corrected chi connectivity index (χ2v) is 5.43. The van der Waals surface area contributed by atoms with Gasteiger partial charge in [0.15, 0.2) is 0 Å². The van der Waals surface area contributed by atoms with Crippen molar-refractivity contribution in [2.24, 2.45) is 5.92 Å². The summed E-state index contributed by atoms with van der Waals surface area (Å²) in [5, 5.41) is 19.6. The molecule has 1 aromatic heterocycles. The highest BCUT2D eigenvalue weighted by Crippen LogP contribution is 2.19. The van der Waals surface area contributed by atoms with Gasteiger partial charge in [0.25, 0.3) is 0 Å². The lowest BCUT2D eigenvalue weighted by atomic mass is 10.1. The Balaban J connectivity index is 1.52. The smallest absolute Gasteiger partial charge is 0.308 e. The molecule has 2 unspecified atom stereocenters. The van der Waals surface area contributed by atoms with E-state index in [9.17, 15) is 9.59 Å². The molecule has 0 radical (unpaired) electrons. The van der Waals surface area contributed by atoms with Crippen LogP contribution in [0.1, 0.15) is 12.1 Å². The van der Waals surface area contributed by atoms with Crippen molar-refractivity contribution in [3.8, 4) is 0 Å². The molecule has 22 heavy (non-hydrogen) atoms. The molecule has 1 aliphatic rings. The fourth-order valence-corrected chi connectivity index (χ4v) is 2.62. The molecule has 0 aliphatic carbocycles. The second-order valence-electron chi connectivity index (χ2n) is 5.43. The molecule has 116 valence electrons. The largest absolute Gasteiger partial charge is 0.481 e. The zero-order chi connectivity index (χ0) is 15.5. The number of hydrogen-bond donors (Lipinski definition) is 3. The number of fused-ring (bicyclic) bond motifs is 1. The lowest BCUT2D eigenvalue weighted by molar-refractivity contribution is -0.141. The Kier molecular flexibility index (Phi) is 4.06. The zero-order valence-corrected chi connectivity index (χ0v) is 11.9. The first-order chi connectivity index (χ1) is 10.6. The molecule has 1 aromatic carbocycles. The average molecular weight is 303 g/mol. The number of aliphatic carboxylic acids is 1. The Hall–Kier alpha value is -2.41. The van der Waals surface area contributed by atoms with Crippen molar-refractivity contribution in [1.29, 1.82) is 0 Å². The minimum absolute atomic E-state index is 0.142. The highest BCUT2D eigenvalue weighted by Gasteiger charge is 2.30. The number of carboxylic acids is 1. The van der Waals surface area contributed by atoms with Crippen molar-refractivity contribution >= 4 is 22.8 Å². The van der Waals surface area contributed by atoms with Crippen LogP contribution >= 0.6 is 0 Å². The van der Waals surface area contributed by atoms with Crippen LogP contribution in [0.2, 0.25) is 0 Å². The predicted octanol–water partition coefficient (Wildman–Crippen LogP) is 0.711. The van der Waals surface area contributed by atoms with Crippen LogP contribution in [-0.2, 0) is 20.7 Å². The van der Waals surface area contributed by atoms with Crippen molar-refractivity contribution < 1.29 is 19.4 Å². The van der Waals surface area contributed by atoms with Gasteiger partial charge in [-0.2, -0.15) is 5.10 Å². The second kappa shape index (κ2) is 6.15. The van der Waals surface area contributed by atoms with E-state index in [1.165, 1.54) is 0 Å². The van der Waals surface area contributed by atoms with Crippen LogP contribution in [0.25, 0.3) is 10.9 Å². The third-order valence-corrected chi connectivity index (χ3v) is 3.83. The number of amides is 1. The number of rotatable bonds is 5. The molecule has 1 aliphatic heterocycles. The van der Waals surface area contributed by atoms with Gasteiger partial charge >= 0.3 is 5.97 Å². The number of H-pyrrole nitrogens is 1. The first kappa shape index (κ1) is 14.5. The minimum Gasteiger partial charge on any atom is -0.481 e. The van der Waals surface area contributed by atoms with Gasteiger partial charge in [-0.3, -0.25) is 14.7 Å². The molecule has 1 saturated heterocycles. The number of hydrogen-bond acceptors (Lipinski definition) is 4. The van der Waals surface area contributed by atoms with Gasteiger partial charge in [0.1, 0.15) is 0 Å². The first-order valence-electron chi connectivity index (χ1n) is 7.16. The van der Waals surface area contributed by atoms with E-state index in [1.54, 1.807) is 0 Å². The van der Waals surface area contributed by atoms with Crippen LogP contribution in [-0.4, -0.2) is 46.4 Å². The number of carboxylic acid groups (broad SMARTS) is 1. The fraction of sp³-hybridized carbons (Fsp3) is 0.400. The van der Waals surface area contributed by atoms with E-state index in [0.29, 0.717) is 13.0 Å². The molecule has 2 heterocycles. The summed E-state index contributed by atoms with van der Waals surface area (Å²) < 4.78 is 5.37. The molecular formula is C15H17N3O4. The standard InChI is InChI=1S/C15H17N3O4/c19-14(16-7-10-5-9(8-22-10)15(20)21)6-13-11-3-1-2-4-12(11)17-18-13/h1-4,9-10H,5-8H2,(H,16,19)(H,17,18)(H,20,21). The molecule has 3 rings (SSSR count). The number of ether oxygens (including phenoxy) is 1. The summed E-state index contributed by atoms with van der Waals surface area (Å²) in [5.74, 6) is -1.46. The maximum atomic E-state index is 12.0. The number of para-hydroxylation sites is 1. The number of nitrogens with zero attached hydrogens (tertiary/aromatic N) is 1. The van der Waals surface area contributed by atoms with Gasteiger partial charge in [-0.15, -0.1) is 0 Å². The molecular weight excluding hydrogens is 286 g/mol. The molecule has 3 N–H and O–H groups in total. The highest BCUT2D eigenvalue weighted by molar-refractivity contribution is 5.87. The van der Waals surface area contributed by atoms with Crippen molar-refractivity contribution in [1.82, 2.24) is 15.5 Å². The number of nitrogens with one attached hydrogen (secondary N) is 2. The van der Waals surface area contributed by atoms with Crippen LogP contribution in [0.5, 0.6) is 0 Å². The molecule has 7 heteroatoms. The highest BCUT2D eigenvalue weighted by atomic mass is 16.5. The van der Waals surface area contributed by atoms with E-state index >= 15 is 0 Å². The van der Waals surface area contributed by atoms with E-state index in [1.807, 2.05) is 24.3 Å². The zero-order valence-electron chi connectivity index (χ0n) is 11.9. The normalized spacial score (nSPS) is 21.1. The van der Waals surface area contributed by atoms with Crippen molar-refractivity contribution in [2.75, 3.05) is 13.2 Å². The van der Waals surface area contributed by atoms with E-state index in [-0.39, 0.29) is 25.0 Å². The van der Waals surface area contributed by atoms with Crippen LogP contribution in [0.3, 0.4) is 0 Å². The molecule has 1 amide bonds. The Labute approximate surface area is 126 Å². The Morgan fingerprint density at radius 1 is 1.41 bits per heavy atom. The lowest BCUT2D eigenvalue weighted by Crippen LogP contribution is -2.33. The van der Waals surface area contributed by atoms with Gasteiger partial charge in [-0.05, 0) is 12.5 Å². The average Bonchev–Trinajstić information content (AvgIpc) is 3.13. The summed E-state index contributed by atoms with van der Waals surface area (Å²) in [4.78, 5) is 22.8. The lowest BCUT2D eigenvalue weighted by Gasteiger charge is -2.10. The van der Waals surface area contributed by atoms with Crippen molar-refractivity contribution in [2.45, 2.75) is 18.9 Å². The summed E-state index contributed by atoms with van der Waals surface area (Å²) in [6.45, 7) is 0.537. The first-order valence-corrected chi connectivity index (χ1v) is 7.16. The monoisotopic (exact) mass is 303 g/mol. The van der Waals surface area contributed by atoms with Gasteiger partial charge < -0.3 is 15.2 Å². The van der Waals surface area contributed by atoms with E-state index in [4.69, 9.17) is 9.84 Å². The molecule has 2 aromatic rings. The van der Waals surface area contributed by atoms with Crippen molar-refractivity contribution in [3.05, 3.63) is 30.0 Å². The number of carbonyl (C=O) groups excluding carboxylic acids is 1. The number of aromatic nitrogens is 2. The van der Waals surface area contributed by atoms with E-state index in [0.717, 1.165) is 16.6 Å². The quantitative estimate of drug-likeness (QED) is 0.754. The fourth-order valence-electron chi connectivity index (χ4n) is 2.62. The van der Waals surface area contributed by atoms with Crippen molar-refractivity contribution in [3.63, 3.8) is 0 Å². The SMILES string of the molecule is O=C(Cc1[nH]nc2ccccc12)NCC1CC(C(=O)O)CO1.